The van der Waals surface area contributed by atoms with Crippen molar-refractivity contribution in [3.63, 3.8) is 0 Å². The lowest BCUT2D eigenvalue weighted by Gasteiger charge is -2.32. The van der Waals surface area contributed by atoms with E-state index in [4.69, 9.17) is 16.3 Å². The van der Waals surface area contributed by atoms with Gasteiger partial charge in [0.15, 0.2) is 0 Å². The lowest BCUT2D eigenvalue weighted by atomic mass is 10.0. The van der Waals surface area contributed by atoms with Crippen LogP contribution in [0.4, 0.5) is 19.1 Å². The molecule has 0 radical (unpaired) electrons. The minimum absolute atomic E-state index is 0.0850. The molecule has 2 aromatic carbocycles. The van der Waals surface area contributed by atoms with Crippen LogP contribution in [-0.2, 0) is 15.3 Å². The van der Waals surface area contributed by atoms with Gasteiger partial charge in [0, 0.05) is 11.4 Å². The molecule has 2 N–H and O–H groups in total. The highest BCUT2D eigenvalue weighted by Gasteiger charge is 2.67. The van der Waals surface area contributed by atoms with Crippen LogP contribution in [-0.4, -0.2) is 33.5 Å². The zero-order chi connectivity index (χ0) is 26.4. The van der Waals surface area contributed by atoms with Crippen LogP contribution in [0.15, 0.2) is 42.5 Å². The molecule has 3 aromatic rings. The number of halogens is 4. The number of ether oxygens (including phenoxy) is 1. The summed E-state index contributed by atoms with van der Waals surface area (Å²) < 4.78 is 49.8. The van der Waals surface area contributed by atoms with E-state index in [1.807, 2.05) is 5.32 Å². The van der Waals surface area contributed by atoms with Gasteiger partial charge in [0.25, 0.3) is 11.6 Å². The van der Waals surface area contributed by atoms with Gasteiger partial charge in [-0.15, -0.1) is 0 Å². The molecule has 1 unspecified atom stereocenters. The number of rotatable bonds is 6. The molecule has 2 aliphatic rings. The summed E-state index contributed by atoms with van der Waals surface area (Å²) in [5, 5.41) is 3.96. The first-order valence-electron chi connectivity index (χ1n) is 11.8. The molecule has 0 saturated heterocycles. The van der Waals surface area contributed by atoms with E-state index in [0.29, 0.717) is 11.0 Å². The van der Waals surface area contributed by atoms with Gasteiger partial charge in [0.2, 0.25) is 11.9 Å². The molecule has 1 aliphatic carbocycles. The lowest BCUT2D eigenvalue weighted by Crippen LogP contribution is -2.63. The van der Waals surface area contributed by atoms with Crippen molar-refractivity contribution in [2.24, 2.45) is 5.92 Å². The van der Waals surface area contributed by atoms with Crippen LogP contribution >= 0.6 is 11.6 Å². The molecule has 1 fully saturated rings. The molecule has 2 amide bonds. The van der Waals surface area contributed by atoms with E-state index >= 15 is 0 Å². The summed E-state index contributed by atoms with van der Waals surface area (Å²) in [5.41, 5.74) is -4.11. The maximum atomic E-state index is 14.7. The number of hydrogen-bond acceptors (Lipinski definition) is 5. The van der Waals surface area contributed by atoms with Gasteiger partial charge in [-0.3, -0.25) is 19.5 Å². The molecule has 1 aliphatic heterocycles. The summed E-state index contributed by atoms with van der Waals surface area (Å²) in [5.74, 6) is -3.33. The minimum Gasteiger partial charge on any atom is -0.423 e. The highest BCUT2D eigenvalue weighted by molar-refractivity contribution is 6.32. The molecular weight excluding hydrogens is 513 g/mol. The lowest BCUT2D eigenvalue weighted by molar-refractivity contribution is -0.217. The van der Waals surface area contributed by atoms with Gasteiger partial charge in [-0.1, -0.05) is 55.5 Å². The van der Waals surface area contributed by atoms with Gasteiger partial charge in [-0.25, -0.2) is 9.78 Å². The Morgan fingerprint density at radius 2 is 1.89 bits per heavy atom. The summed E-state index contributed by atoms with van der Waals surface area (Å²) in [6.45, 7) is 0. The first-order chi connectivity index (χ1) is 17.6. The monoisotopic (exact) mass is 534 g/mol. The van der Waals surface area contributed by atoms with Crippen molar-refractivity contribution in [1.82, 2.24) is 14.9 Å². The summed E-state index contributed by atoms with van der Waals surface area (Å²) in [4.78, 5) is 42.6. The van der Waals surface area contributed by atoms with Gasteiger partial charge in [0.1, 0.15) is 11.3 Å². The smallest absolute Gasteiger partial charge is 0.423 e. The number of fused-ring (bicyclic) bond motifs is 3. The highest BCUT2D eigenvalue weighted by Crippen LogP contribution is 2.45. The molecule has 12 heteroatoms. The first-order valence-corrected chi connectivity index (χ1v) is 12.2. The zero-order valence-corrected chi connectivity index (χ0v) is 20.2. The second-order valence-corrected chi connectivity index (χ2v) is 9.63. The van der Waals surface area contributed by atoms with E-state index in [1.165, 1.54) is 18.2 Å². The summed E-state index contributed by atoms with van der Waals surface area (Å²) in [6, 6.07) is 10.4. The van der Waals surface area contributed by atoms with Crippen molar-refractivity contribution in [2.45, 2.75) is 50.4 Å². The number of nitrogens with one attached hydrogen (secondary N) is 2. The molecule has 1 saturated carbocycles. The fraction of sp³-hybridized carbons (Fsp3) is 0.360. The molecule has 5 rings (SSSR count). The number of alkyl halides is 3. The summed E-state index contributed by atoms with van der Waals surface area (Å²) in [6.07, 6.45) is -1.06. The normalized spacial score (nSPS) is 19.6. The van der Waals surface area contributed by atoms with Gasteiger partial charge in [-0.2, -0.15) is 13.2 Å². The number of esters is 1. The largest absolute Gasteiger partial charge is 0.440 e. The number of hydrogen-bond donors (Lipinski definition) is 2. The van der Waals surface area contributed by atoms with Crippen LogP contribution in [0.1, 0.15) is 48.9 Å². The van der Waals surface area contributed by atoms with Gasteiger partial charge in [-0.05, 0) is 36.6 Å². The number of para-hydroxylation sites is 1. The molecular formula is C25H22ClF3N4O4. The summed E-state index contributed by atoms with van der Waals surface area (Å²) in [7, 11) is 0. The number of carbonyl (C=O) groups is 3. The number of benzene rings is 2. The molecule has 1 atom stereocenters. The molecule has 194 valence electrons. The van der Waals surface area contributed by atoms with E-state index < -0.39 is 35.6 Å². The Kier molecular flexibility index (Phi) is 6.35. The van der Waals surface area contributed by atoms with Crippen LogP contribution in [0.2, 0.25) is 5.02 Å². The number of imidazole rings is 1. The van der Waals surface area contributed by atoms with Gasteiger partial charge < -0.3 is 10.1 Å². The molecule has 37 heavy (non-hydrogen) atoms. The number of nitrogens with zero attached hydrogens (tertiary/aromatic N) is 2. The second kappa shape index (κ2) is 9.37. The minimum atomic E-state index is -5.24. The predicted octanol–water partition coefficient (Wildman–Crippen LogP) is 5.16. The highest BCUT2D eigenvalue weighted by atomic mass is 35.5. The first kappa shape index (κ1) is 25.1. The van der Waals surface area contributed by atoms with Crippen molar-refractivity contribution in [1.29, 1.82) is 0 Å². The predicted molar refractivity (Wildman–Crippen MR) is 128 cm³/mol. The Labute approximate surface area is 214 Å². The molecule has 2 heterocycles. The maximum absolute atomic E-state index is 14.7. The van der Waals surface area contributed by atoms with Crippen LogP contribution in [0.25, 0.3) is 11.0 Å². The Morgan fingerprint density at radius 3 is 2.57 bits per heavy atom. The zero-order valence-electron chi connectivity index (χ0n) is 19.4. The van der Waals surface area contributed by atoms with E-state index in [9.17, 15) is 27.6 Å². The van der Waals surface area contributed by atoms with Crippen LogP contribution < -0.4 is 15.4 Å². The fourth-order valence-electron chi connectivity index (χ4n) is 5.00. The fourth-order valence-corrected chi connectivity index (χ4v) is 5.22. The second-order valence-electron chi connectivity index (χ2n) is 9.19. The van der Waals surface area contributed by atoms with Crippen LogP contribution in [0.5, 0.6) is 5.75 Å². The summed E-state index contributed by atoms with van der Waals surface area (Å²) >= 11 is 6.18. The topological polar surface area (TPSA) is 102 Å². The molecule has 0 bridgehead atoms. The molecule has 8 nitrogen and oxygen atoms in total. The van der Waals surface area contributed by atoms with Crippen molar-refractivity contribution in [2.75, 3.05) is 5.32 Å². The maximum Gasteiger partial charge on any atom is 0.440 e. The SMILES string of the molecule is O=C(CCC1CCCC1)NC1(C(F)(F)F)C(=O)Nc2nc3c(C(=O)Oc4ccccc4)cc(Cl)cc3n21. The average molecular weight is 535 g/mol. The quantitative estimate of drug-likeness (QED) is 0.336. The van der Waals surface area contributed by atoms with E-state index in [-0.39, 0.29) is 39.7 Å². The van der Waals surface area contributed by atoms with Crippen molar-refractivity contribution in [3.05, 3.63) is 53.1 Å². The number of amides is 2. The van der Waals surface area contributed by atoms with Gasteiger partial charge >= 0.3 is 12.1 Å². The Hall–Kier alpha value is -3.60. The van der Waals surface area contributed by atoms with Crippen molar-refractivity contribution in [3.8, 4) is 5.75 Å². The third kappa shape index (κ3) is 4.41. The van der Waals surface area contributed by atoms with Crippen LogP contribution in [0.3, 0.4) is 0 Å². The van der Waals surface area contributed by atoms with E-state index in [0.717, 1.165) is 31.7 Å². The third-order valence-electron chi connectivity index (χ3n) is 6.77. The molecule has 0 spiro atoms. The standard InChI is InChI=1S/C25H22ClF3N4O4/c26-15-12-17(21(35)37-16-8-2-1-3-9-16)20-18(13-15)33-23(30-20)31-22(36)24(33,25(27,28)29)32-19(34)11-10-14-6-4-5-7-14/h1-3,8-9,12-14H,4-7,10-11H2,(H,32,34)(H,30,31,36). The third-order valence-corrected chi connectivity index (χ3v) is 6.99. The molecule has 1 aromatic heterocycles. The average Bonchev–Trinajstić information content (AvgIpc) is 3.54. The van der Waals surface area contributed by atoms with Crippen molar-refractivity contribution < 1.29 is 32.3 Å². The van der Waals surface area contributed by atoms with Gasteiger partial charge in [0.05, 0.1) is 11.1 Å². The van der Waals surface area contributed by atoms with Crippen molar-refractivity contribution >= 4 is 46.4 Å². The number of carbonyl (C=O) groups excluding carboxylic acids is 3. The number of aromatic nitrogens is 2. The van der Waals surface area contributed by atoms with E-state index in [2.05, 4.69) is 10.3 Å². The Morgan fingerprint density at radius 1 is 1.19 bits per heavy atom. The van der Waals surface area contributed by atoms with E-state index in [1.54, 1.807) is 18.2 Å². The Balaban J connectivity index is 1.55. The van der Waals surface area contributed by atoms with Crippen LogP contribution in [0, 0.1) is 5.92 Å². The Bertz CT molecular complexity index is 1390. The number of anilines is 1.